The number of aryl methyl sites for hydroxylation is 1. The molecule has 0 fully saturated rings. The molecule has 0 radical (unpaired) electrons. The number of nitrogens with zero attached hydrogens (tertiary/aromatic N) is 2. The summed E-state index contributed by atoms with van der Waals surface area (Å²) in [5, 5.41) is 0. The van der Waals surface area contributed by atoms with Crippen molar-refractivity contribution in [3.8, 4) is 11.1 Å². The monoisotopic (exact) mass is 700 g/mol. The van der Waals surface area contributed by atoms with E-state index >= 15 is 0 Å². The van der Waals surface area contributed by atoms with E-state index in [0.29, 0.717) is 0 Å². The number of rotatable bonds is 8. The molecule has 0 saturated heterocycles. The second-order valence-electron chi connectivity index (χ2n) is 16.0. The van der Waals surface area contributed by atoms with Gasteiger partial charge in [-0.1, -0.05) is 150 Å². The molecule has 0 atom stereocenters. The first kappa shape index (κ1) is 34.9. The average molecular weight is 701 g/mol. The quantitative estimate of drug-likeness (QED) is 0.146. The average Bonchev–Trinajstić information content (AvgIpc) is 3.41. The molecule has 0 bridgehead atoms. The summed E-state index contributed by atoms with van der Waals surface area (Å²) in [6.07, 6.45) is 4.48. The first-order valence-electron chi connectivity index (χ1n) is 19.0. The summed E-state index contributed by atoms with van der Waals surface area (Å²) in [5.74, 6) is 0. The summed E-state index contributed by atoms with van der Waals surface area (Å²) in [7, 11) is 0. The van der Waals surface area contributed by atoms with Gasteiger partial charge in [0.25, 0.3) is 0 Å². The summed E-state index contributed by atoms with van der Waals surface area (Å²) >= 11 is 0. The number of anilines is 6. The molecule has 7 aromatic rings. The van der Waals surface area contributed by atoms with Crippen LogP contribution in [0.2, 0.25) is 0 Å². The predicted molar refractivity (Wildman–Crippen MR) is 232 cm³/mol. The minimum absolute atomic E-state index is 0.106. The van der Waals surface area contributed by atoms with E-state index in [4.69, 9.17) is 0 Å². The van der Waals surface area contributed by atoms with Gasteiger partial charge in [0, 0.05) is 39.5 Å². The molecule has 1 aliphatic rings. The molecule has 266 valence electrons. The number of benzene rings is 7. The topological polar surface area (TPSA) is 6.48 Å². The molecule has 0 aliphatic heterocycles. The lowest BCUT2D eigenvalue weighted by molar-refractivity contribution is 0.590. The number of para-hydroxylation sites is 3. The molecule has 7 aromatic carbocycles. The molecule has 1 aliphatic carbocycles. The lowest BCUT2D eigenvalue weighted by Crippen LogP contribution is -2.16. The largest absolute Gasteiger partial charge is 0.310 e. The first-order chi connectivity index (χ1) is 26.1. The van der Waals surface area contributed by atoms with Crippen LogP contribution in [0.4, 0.5) is 34.1 Å². The summed E-state index contributed by atoms with van der Waals surface area (Å²) < 4.78 is 0. The molecule has 2 heteroatoms. The Morgan fingerprint density at radius 2 is 0.907 bits per heavy atom. The van der Waals surface area contributed by atoms with Crippen LogP contribution in [0, 0.1) is 6.92 Å². The summed E-state index contributed by atoms with van der Waals surface area (Å²) in [5.41, 5.74) is 17.2. The van der Waals surface area contributed by atoms with Crippen molar-refractivity contribution in [3.63, 3.8) is 0 Å². The lowest BCUT2D eigenvalue weighted by atomic mass is 9.81. The van der Waals surface area contributed by atoms with Crippen LogP contribution in [0.5, 0.6) is 0 Å². The minimum atomic E-state index is -0.144. The highest BCUT2D eigenvalue weighted by molar-refractivity contribution is 5.87. The molecule has 0 saturated carbocycles. The summed E-state index contributed by atoms with van der Waals surface area (Å²) in [4.78, 5) is 4.71. The number of hydrogen-bond donors (Lipinski definition) is 0. The molecule has 0 heterocycles. The smallest absolute Gasteiger partial charge is 0.0490 e. The standard InChI is InChI=1S/C52H48N2/c1-37-15-13-14-20-50(37)54(44-30-26-40(27-31-44)51(2,3)4)43-28-23-38(24-29-43)21-22-39-25-33-46-47-34-32-45(36-49(47)52(5,6)48(46)35-39)53(41-16-9-7-10-17-41)42-18-11-8-12-19-42/h7-36H,1-6H3/b22-21+. The van der Waals surface area contributed by atoms with Crippen molar-refractivity contribution in [1.29, 1.82) is 0 Å². The van der Waals surface area contributed by atoms with E-state index in [9.17, 15) is 0 Å². The van der Waals surface area contributed by atoms with Crippen molar-refractivity contribution >= 4 is 46.3 Å². The van der Waals surface area contributed by atoms with Crippen LogP contribution >= 0.6 is 0 Å². The minimum Gasteiger partial charge on any atom is -0.310 e. The number of fused-ring (bicyclic) bond motifs is 3. The maximum absolute atomic E-state index is 2.39. The van der Waals surface area contributed by atoms with Gasteiger partial charge >= 0.3 is 0 Å². The Hall–Kier alpha value is -6.12. The second kappa shape index (κ2) is 14.0. The molecule has 2 nitrogen and oxygen atoms in total. The van der Waals surface area contributed by atoms with Crippen LogP contribution < -0.4 is 9.80 Å². The van der Waals surface area contributed by atoms with E-state index in [1.54, 1.807) is 0 Å². The van der Waals surface area contributed by atoms with Gasteiger partial charge in [-0.25, -0.2) is 0 Å². The van der Waals surface area contributed by atoms with Crippen LogP contribution in [-0.4, -0.2) is 0 Å². The maximum atomic E-state index is 2.39. The summed E-state index contributed by atoms with van der Waals surface area (Å²) in [6, 6.07) is 61.8. The summed E-state index contributed by atoms with van der Waals surface area (Å²) in [6.45, 7) is 13.7. The number of hydrogen-bond acceptors (Lipinski definition) is 2. The maximum Gasteiger partial charge on any atom is 0.0490 e. The Bertz CT molecular complexity index is 2390. The SMILES string of the molecule is Cc1ccccc1N(c1ccc(/C=C/c2ccc3c(c2)C(C)(C)c2cc(N(c4ccccc4)c4ccccc4)ccc2-3)cc1)c1ccc(C(C)(C)C)cc1. The van der Waals surface area contributed by atoms with Crippen LogP contribution in [0.3, 0.4) is 0 Å². The van der Waals surface area contributed by atoms with Gasteiger partial charge < -0.3 is 9.80 Å². The fourth-order valence-corrected chi connectivity index (χ4v) is 7.87. The van der Waals surface area contributed by atoms with Gasteiger partial charge in [0.05, 0.1) is 0 Å². The van der Waals surface area contributed by atoms with E-state index in [0.717, 1.165) is 22.7 Å². The molecule has 0 amide bonds. The Morgan fingerprint density at radius 3 is 1.50 bits per heavy atom. The molecular weight excluding hydrogens is 653 g/mol. The molecular formula is C52H48N2. The zero-order valence-corrected chi connectivity index (χ0v) is 32.2. The van der Waals surface area contributed by atoms with Gasteiger partial charge in [-0.3, -0.25) is 0 Å². The molecule has 54 heavy (non-hydrogen) atoms. The van der Waals surface area contributed by atoms with Crippen LogP contribution in [-0.2, 0) is 10.8 Å². The third-order valence-corrected chi connectivity index (χ3v) is 10.9. The van der Waals surface area contributed by atoms with Gasteiger partial charge in [0.15, 0.2) is 0 Å². The predicted octanol–water partition coefficient (Wildman–Crippen LogP) is 14.7. The normalized spacial score (nSPS) is 13.1. The van der Waals surface area contributed by atoms with Crippen LogP contribution in [0.1, 0.15) is 68.0 Å². The van der Waals surface area contributed by atoms with Gasteiger partial charge in [0.1, 0.15) is 0 Å². The third-order valence-electron chi connectivity index (χ3n) is 10.9. The molecule has 0 N–H and O–H groups in total. The van der Waals surface area contributed by atoms with E-state index in [-0.39, 0.29) is 10.8 Å². The fourth-order valence-electron chi connectivity index (χ4n) is 7.87. The molecule has 0 aromatic heterocycles. The Labute approximate surface area is 321 Å². The first-order valence-corrected chi connectivity index (χ1v) is 19.0. The van der Waals surface area contributed by atoms with E-state index in [1.165, 1.54) is 55.9 Å². The van der Waals surface area contributed by atoms with Gasteiger partial charge in [0.2, 0.25) is 0 Å². The molecule has 8 rings (SSSR count). The van der Waals surface area contributed by atoms with Crippen molar-refractivity contribution in [3.05, 3.63) is 203 Å². The lowest BCUT2D eigenvalue weighted by Gasteiger charge is -2.28. The van der Waals surface area contributed by atoms with Gasteiger partial charge in [-0.15, -0.1) is 0 Å². The van der Waals surface area contributed by atoms with E-state index in [1.807, 2.05) is 0 Å². The van der Waals surface area contributed by atoms with Gasteiger partial charge in [-0.05, 0) is 124 Å². The van der Waals surface area contributed by atoms with Crippen molar-refractivity contribution in [1.82, 2.24) is 0 Å². The van der Waals surface area contributed by atoms with Gasteiger partial charge in [-0.2, -0.15) is 0 Å². The second-order valence-corrected chi connectivity index (χ2v) is 16.0. The van der Waals surface area contributed by atoms with Crippen LogP contribution in [0.15, 0.2) is 170 Å². The Morgan fingerprint density at radius 1 is 0.444 bits per heavy atom. The van der Waals surface area contributed by atoms with Crippen molar-refractivity contribution < 1.29 is 0 Å². The molecule has 0 unspecified atom stereocenters. The fraction of sp³-hybridized carbons (Fsp3) is 0.154. The van der Waals surface area contributed by atoms with E-state index in [2.05, 4.69) is 233 Å². The third kappa shape index (κ3) is 6.65. The zero-order chi connectivity index (χ0) is 37.5. The highest BCUT2D eigenvalue weighted by atomic mass is 15.1. The highest BCUT2D eigenvalue weighted by Gasteiger charge is 2.36. The molecule has 0 spiro atoms. The Kier molecular flexibility index (Phi) is 9.07. The van der Waals surface area contributed by atoms with Crippen molar-refractivity contribution in [2.24, 2.45) is 0 Å². The van der Waals surface area contributed by atoms with Crippen molar-refractivity contribution in [2.75, 3.05) is 9.80 Å². The van der Waals surface area contributed by atoms with E-state index < -0.39 is 0 Å². The highest BCUT2D eigenvalue weighted by Crippen LogP contribution is 2.51. The van der Waals surface area contributed by atoms with Crippen molar-refractivity contribution in [2.45, 2.75) is 52.4 Å². The van der Waals surface area contributed by atoms with Crippen LogP contribution in [0.25, 0.3) is 23.3 Å². The zero-order valence-electron chi connectivity index (χ0n) is 32.2. The Balaban J connectivity index is 1.07.